The number of halogens is 4. The lowest BCUT2D eigenvalue weighted by Gasteiger charge is -2.38. The van der Waals surface area contributed by atoms with Crippen LogP contribution in [0.2, 0.25) is 0 Å². The molecule has 0 N–H and O–H groups in total. The second-order valence-electron chi connectivity index (χ2n) is 10.00. The Hall–Kier alpha value is -1.73. The average molecular weight is 542 g/mol. The largest absolute Gasteiger partial charge is 1.00 e. The maximum atomic E-state index is 13.4. The Morgan fingerprint density at radius 1 is 0.912 bits per heavy atom. The monoisotopic (exact) mass is 541 g/mol. The van der Waals surface area contributed by atoms with E-state index in [0.29, 0.717) is 34.8 Å². The standard InChI is InChI=1S/C27H35F3NO2.BrH/c1-31(2,20-11-8-6-4-3-5-7-9-12-20)17-18-32-21-15-16-22-23-13-10-14-24(27(28,29)30)26(23)33-25(22)19-21;/h10,13-16,19-20H,3-9,11-12,17-18H2,1-2H3;1H/q+1;/p-1. The van der Waals surface area contributed by atoms with Crippen molar-refractivity contribution in [3.05, 3.63) is 42.0 Å². The van der Waals surface area contributed by atoms with E-state index in [0.717, 1.165) is 17.1 Å². The first-order valence-electron chi connectivity index (χ1n) is 12.2. The summed E-state index contributed by atoms with van der Waals surface area (Å²) in [6.45, 7) is 1.45. The molecule has 1 fully saturated rings. The number of likely N-dealkylation sites (N-methyl/N-ethyl adjacent to an activating group) is 1. The average Bonchev–Trinajstić information content (AvgIpc) is 3.14. The second-order valence-corrected chi connectivity index (χ2v) is 10.00. The summed E-state index contributed by atoms with van der Waals surface area (Å²) in [7, 11) is 4.59. The molecule has 1 aromatic heterocycles. The Labute approximate surface area is 210 Å². The van der Waals surface area contributed by atoms with E-state index in [4.69, 9.17) is 9.15 Å². The molecule has 0 bridgehead atoms. The Balaban J connectivity index is 0.00000324. The molecule has 34 heavy (non-hydrogen) atoms. The van der Waals surface area contributed by atoms with Crippen molar-refractivity contribution in [2.75, 3.05) is 27.2 Å². The summed E-state index contributed by atoms with van der Waals surface area (Å²) in [4.78, 5) is 0. The normalized spacial score (nSPS) is 17.0. The van der Waals surface area contributed by atoms with E-state index in [2.05, 4.69) is 14.1 Å². The Kier molecular flexibility index (Phi) is 8.96. The molecule has 0 aliphatic heterocycles. The fourth-order valence-corrected chi connectivity index (χ4v) is 5.16. The van der Waals surface area contributed by atoms with Gasteiger partial charge in [0.1, 0.15) is 30.1 Å². The molecule has 1 heterocycles. The van der Waals surface area contributed by atoms with Gasteiger partial charge in [0.2, 0.25) is 0 Å². The highest BCUT2D eigenvalue weighted by molar-refractivity contribution is 6.06. The van der Waals surface area contributed by atoms with Gasteiger partial charge >= 0.3 is 6.18 Å². The van der Waals surface area contributed by atoms with E-state index >= 15 is 0 Å². The quantitative estimate of drug-likeness (QED) is 0.426. The summed E-state index contributed by atoms with van der Waals surface area (Å²) in [6, 6.07) is 10.1. The maximum Gasteiger partial charge on any atom is 0.420 e. The van der Waals surface area contributed by atoms with Crippen molar-refractivity contribution in [2.45, 2.75) is 70.0 Å². The van der Waals surface area contributed by atoms with Gasteiger partial charge in [-0.3, -0.25) is 0 Å². The number of hydrogen-bond donors (Lipinski definition) is 0. The molecule has 0 atom stereocenters. The van der Waals surface area contributed by atoms with Gasteiger partial charge in [-0.2, -0.15) is 13.2 Å². The molecule has 2 aromatic carbocycles. The predicted molar refractivity (Wildman–Crippen MR) is 127 cm³/mol. The number of rotatable bonds is 5. The van der Waals surface area contributed by atoms with Gasteiger partial charge in [-0.15, -0.1) is 0 Å². The number of quaternary nitrogens is 1. The zero-order chi connectivity index (χ0) is 23.5. The number of fused-ring (bicyclic) bond motifs is 3. The van der Waals surface area contributed by atoms with Crippen molar-refractivity contribution in [3.8, 4) is 5.75 Å². The van der Waals surface area contributed by atoms with Gasteiger partial charge in [-0.25, -0.2) is 0 Å². The van der Waals surface area contributed by atoms with Crippen LogP contribution in [0, 0.1) is 0 Å². The minimum atomic E-state index is -4.45. The molecule has 0 spiro atoms. The van der Waals surface area contributed by atoms with Crippen LogP contribution in [0.15, 0.2) is 40.8 Å². The third kappa shape index (κ3) is 6.28. The molecule has 4 rings (SSSR count). The van der Waals surface area contributed by atoms with Crippen molar-refractivity contribution in [1.82, 2.24) is 0 Å². The summed E-state index contributed by atoms with van der Waals surface area (Å²) in [5.41, 5.74) is -0.449. The molecule has 3 nitrogen and oxygen atoms in total. The summed E-state index contributed by atoms with van der Waals surface area (Å²) in [5, 5.41) is 1.14. The van der Waals surface area contributed by atoms with E-state index < -0.39 is 11.7 Å². The lowest BCUT2D eigenvalue weighted by molar-refractivity contribution is -0.915. The number of para-hydroxylation sites is 1. The molecule has 1 aliphatic carbocycles. The molecule has 1 aliphatic rings. The van der Waals surface area contributed by atoms with Crippen molar-refractivity contribution < 1.29 is 43.8 Å². The Bertz CT molecular complexity index is 1070. The molecule has 0 amide bonds. The van der Waals surface area contributed by atoms with Gasteiger partial charge in [0, 0.05) is 16.8 Å². The minimum Gasteiger partial charge on any atom is -1.00 e. The molecule has 188 valence electrons. The molecule has 7 heteroatoms. The van der Waals surface area contributed by atoms with E-state index in [9.17, 15) is 13.2 Å². The van der Waals surface area contributed by atoms with Crippen LogP contribution in [0.5, 0.6) is 5.75 Å². The Morgan fingerprint density at radius 3 is 2.21 bits per heavy atom. The number of furan rings is 1. The van der Waals surface area contributed by atoms with Gasteiger partial charge < -0.3 is 30.6 Å². The highest BCUT2D eigenvalue weighted by atomic mass is 79.9. The highest BCUT2D eigenvalue weighted by Gasteiger charge is 2.34. The molecule has 3 aromatic rings. The molecular weight excluding hydrogens is 507 g/mol. The summed E-state index contributed by atoms with van der Waals surface area (Å²) in [6.07, 6.45) is 7.44. The van der Waals surface area contributed by atoms with Crippen molar-refractivity contribution in [2.24, 2.45) is 0 Å². The lowest BCUT2D eigenvalue weighted by atomic mass is 9.95. The van der Waals surface area contributed by atoms with Gasteiger partial charge in [0.25, 0.3) is 0 Å². The third-order valence-corrected chi connectivity index (χ3v) is 7.28. The molecular formula is C27H35BrF3NO2. The fourth-order valence-electron chi connectivity index (χ4n) is 5.16. The van der Waals surface area contributed by atoms with Gasteiger partial charge in [0.05, 0.1) is 25.7 Å². The van der Waals surface area contributed by atoms with Crippen LogP contribution in [0.3, 0.4) is 0 Å². The summed E-state index contributed by atoms with van der Waals surface area (Å²) in [5.74, 6) is 0.626. The van der Waals surface area contributed by atoms with E-state index in [-0.39, 0.29) is 22.6 Å². The second kappa shape index (κ2) is 11.3. The minimum absolute atomic E-state index is 0. The maximum absolute atomic E-state index is 13.4. The number of alkyl halides is 3. The Morgan fingerprint density at radius 2 is 1.56 bits per heavy atom. The number of benzene rings is 2. The van der Waals surface area contributed by atoms with E-state index in [1.165, 1.54) is 63.9 Å². The van der Waals surface area contributed by atoms with Crippen LogP contribution in [0.4, 0.5) is 13.2 Å². The van der Waals surface area contributed by atoms with Crippen molar-refractivity contribution in [3.63, 3.8) is 0 Å². The smallest absolute Gasteiger partial charge is 0.420 e. The van der Waals surface area contributed by atoms with Gasteiger partial charge in [0.15, 0.2) is 0 Å². The lowest BCUT2D eigenvalue weighted by Crippen LogP contribution is -3.00. The number of hydrogen-bond acceptors (Lipinski definition) is 2. The molecule has 0 saturated heterocycles. The zero-order valence-corrected chi connectivity index (χ0v) is 21.7. The van der Waals surface area contributed by atoms with Gasteiger partial charge in [-0.05, 0) is 43.9 Å². The summed E-state index contributed by atoms with van der Waals surface area (Å²) < 4.78 is 52.7. The molecule has 0 radical (unpaired) electrons. The number of ether oxygens (including phenoxy) is 1. The first kappa shape index (κ1) is 26.9. The molecule has 0 unspecified atom stereocenters. The predicted octanol–water partition coefficient (Wildman–Crippen LogP) is 4.96. The van der Waals surface area contributed by atoms with Crippen molar-refractivity contribution in [1.29, 1.82) is 0 Å². The van der Waals surface area contributed by atoms with Crippen LogP contribution >= 0.6 is 0 Å². The van der Waals surface area contributed by atoms with E-state index in [1.807, 2.05) is 6.07 Å². The molecule has 1 saturated carbocycles. The third-order valence-electron chi connectivity index (χ3n) is 7.28. The first-order valence-corrected chi connectivity index (χ1v) is 12.2. The van der Waals surface area contributed by atoms with E-state index in [1.54, 1.807) is 18.2 Å². The van der Waals surface area contributed by atoms with Crippen LogP contribution in [-0.2, 0) is 6.18 Å². The van der Waals surface area contributed by atoms with Crippen LogP contribution in [-0.4, -0.2) is 37.8 Å². The fraction of sp³-hybridized carbons (Fsp3) is 0.556. The highest BCUT2D eigenvalue weighted by Crippen LogP contribution is 2.39. The topological polar surface area (TPSA) is 22.4 Å². The van der Waals surface area contributed by atoms with Crippen LogP contribution in [0.25, 0.3) is 21.9 Å². The SMILES string of the molecule is C[N+](C)(CCOc1ccc2c(c1)oc1c(C(F)(F)F)cccc12)C1CCCCCCCCC1.[Br-]. The van der Waals surface area contributed by atoms with Crippen LogP contribution < -0.4 is 21.7 Å². The van der Waals surface area contributed by atoms with Crippen molar-refractivity contribution >= 4 is 21.9 Å². The van der Waals surface area contributed by atoms with Gasteiger partial charge in [-0.1, -0.05) is 44.2 Å². The van der Waals surface area contributed by atoms with Crippen LogP contribution in [0.1, 0.15) is 63.4 Å². The zero-order valence-electron chi connectivity index (χ0n) is 20.1. The summed E-state index contributed by atoms with van der Waals surface area (Å²) >= 11 is 0. The first-order chi connectivity index (χ1) is 15.8. The number of nitrogens with zero attached hydrogens (tertiary/aromatic N) is 1.